The number of methoxy groups -OCH3 is 1. The molecule has 1 aromatic carbocycles. The molecular formula is C10H8F2O2. The molecule has 0 saturated carbocycles. The fourth-order valence-electron chi connectivity index (χ4n) is 0.848. The topological polar surface area (TPSA) is 26.3 Å². The minimum Gasteiger partial charge on any atom is -0.466 e. The van der Waals surface area contributed by atoms with E-state index in [1.807, 2.05) is 0 Å². The van der Waals surface area contributed by atoms with Gasteiger partial charge in [0.15, 0.2) is 11.6 Å². The fourth-order valence-corrected chi connectivity index (χ4v) is 0.848. The van der Waals surface area contributed by atoms with Crippen LogP contribution in [0.2, 0.25) is 0 Å². The lowest BCUT2D eigenvalue weighted by atomic mass is 10.2. The van der Waals surface area contributed by atoms with Crippen molar-refractivity contribution >= 4 is 12.0 Å². The average Bonchev–Trinajstić information content (AvgIpc) is 2.19. The van der Waals surface area contributed by atoms with Gasteiger partial charge in [0.1, 0.15) is 0 Å². The molecule has 0 aliphatic carbocycles. The van der Waals surface area contributed by atoms with Crippen molar-refractivity contribution in [2.45, 2.75) is 0 Å². The fraction of sp³-hybridized carbons (Fsp3) is 0.100. The molecule has 1 aromatic rings. The lowest BCUT2D eigenvalue weighted by molar-refractivity contribution is -0.134. The predicted molar refractivity (Wildman–Crippen MR) is 47.4 cm³/mol. The Morgan fingerprint density at radius 3 is 2.64 bits per heavy atom. The monoisotopic (exact) mass is 198 g/mol. The lowest BCUT2D eigenvalue weighted by Crippen LogP contribution is -1.93. The molecule has 0 heterocycles. The standard InChI is InChI=1S/C10H8F2O2/c1-14-10(13)5-3-7-2-4-8(11)9(12)6-7/h2-6H,1H3/b5-3-. The van der Waals surface area contributed by atoms with Gasteiger partial charge in [0.2, 0.25) is 0 Å². The molecular weight excluding hydrogens is 190 g/mol. The van der Waals surface area contributed by atoms with E-state index in [0.717, 1.165) is 18.2 Å². The van der Waals surface area contributed by atoms with Crippen LogP contribution < -0.4 is 0 Å². The Hall–Kier alpha value is -1.71. The van der Waals surface area contributed by atoms with Crippen LogP contribution in [0, 0.1) is 11.6 Å². The SMILES string of the molecule is COC(=O)/C=C\c1ccc(F)c(F)c1. The van der Waals surface area contributed by atoms with Gasteiger partial charge < -0.3 is 4.74 Å². The highest BCUT2D eigenvalue weighted by Gasteiger charge is 2.00. The van der Waals surface area contributed by atoms with E-state index in [1.54, 1.807) is 0 Å². The van der Waals surface area contributed by atoms with Crippen LogP contribution >= 0.6 is 0 Å². The van der Waals surface area contributed by atoms with Gasteiger partial charge in [0.05, 0.1) is 7.11 Å². The first-order chi connectivity index (χ1) is 6.63. The van der Waals surface area contributed by atoms with Crippen LogP contribution in [0.25, 0.3) is 6.08 Å². The number of hydrogen-bond acceptors (Lipinski definition) is 2. The first-order valence-electron chi connectivity index (χ1n) is 3.84. The van der Waals surface area contributed by atoms with Crippen LogP contribution in [0.15, 0.2) is 24.3 Å². The summed E-state index contributed by atoms with van der Waals surface area (Å²) in [5.74, 6) is -2.41. The number of hydrogen-bond donors (Lipinski definition) is 0. The Labute approximate surface area is 79.8 Å². The highest BCUT2D eigenvalue weighted by Crippen LogP contribution is 2.09. The summed E-state index contributed by atoms with van der Waals surface area (Å²) in [4.78, 5) is 10.7. The molecule has 74 valence electrons. The molecule has 0 amide bonds. The minimum absolute atomic E-state index is 0.398. The van der Waals surface area contributed by atoms with Gasteiger partial charge in [-0.3, -0.25) is 0 Å². The molecule has 0 spiro atoms. The van der Waals surface area contributed by atoms with Crippen molar-refractivity contribution in [3.05, 3.63) is 41.5 Å². The second kappa shape index (κ2) is 4.50. The van der Waals surface area contributed by atoms with Gasteiger partial charge in [0, 0.05) is 6.08 Å². The summed E-state index contributed by atoms with van der Waals surface area (Å²) in [5.41, 5.74) is 0.398. The molecule has 4 heteroatoms. The zero-order valence-electron chi connectivity index (χ0n) is 7.46. The van der Waals surface area contributed by atoms with E-state index in [0.29, 0.717) is 5.56 Å². The zero-order valence-corrected chi connectivity index (χ0v) is 7.46. The van der Waals surface area contributed by atoms with E-state index in [9.17, 15) is 13.6 Å². The molecule has 1 rings (SSSR count). The molecule has 0 unspecified atom stereocenters. The van der Waals surface area contributed by atoms with Crippen LogP contribution in [0.3, 0.4) is 0 Å². The highest BCUT2D eigenvalue weighted by molar-refractivity contribution is 5.86. The Morgan fingerprint density at radius 1 is 1.36 bits per heavy atom. The first-order valence-corrected chi connectivity index (χ1v) is 3.84. The largest absolute Gasteiger partial charge is 0.466 e. The first kappa shape index (κ1) is 10.4. The molecule has 0 aliphatic rings. The summed E-state index contributed by atoms with van der Waals surface area (Å²) < 4.78 is 29.5. The maximum atomic E-state index is 12.7. The smallest absolute Gasteiger partial charge is 0.330 e. The number of rotatable bonds is 2. The van der Waals surface area contributed by atoms with Gasteiger partial charge in [-0.05, 0) is 23.8 Å². The second-order valence-electron chi connectivity index (χ2n) is 2.53. The number of benzene rings is 1. The highest BCUT2D eigenvalue weighted by atomic mass is 19.2. The Kier molecular flexibility index (Phi) is 3.34. The maximum Gasteiger partial charge on any atom is 0.330 e. The van der Waals surface area contributed by atoms with Gasteiger partial charge in [-0.2, -0.15) is 0 Å². The van der Waals surface area contributed by atoms with E-state index < -0.39 is 17.6 Å². The Balaban J connectivity index is 2.83. The number of carbonyl (C=O) groups is 1. The van der Waals surface area contributed by atoms with Crippen molar-refractivity contribution in [1.29, 1.82) is 0 Å². The quantitative estimate of drug-likeness (QED) is 0.537. The molecule has 0 radical (unpaired) electrons. The number of ether oxygens (including phenoxy) is 1. The van der Waals surface area contributed by atoms with E-state index >= 15 is 0 Å². The van der Waals surface area contributed by atoms with E-state index in [1.165, 1.54) is 19.3 Å². The predicted octanol–water partition coefficient (Wildman–Crippen LogP) is 2.15. The summed E-state index contributed by atoms with van der Waals surface area (Å²) in [7, 11) is 1.23. The van der Waals surface area contributed by atoms with Gasteiger partial charge in [-0.15, -0.1) is 0 Å². The Bertz CT molecular complexity index is 372. The Morgan fingerprint density at radius 2 is 2.07 bits per heavy atom. The zero-order chi connectivity index (χ0) is 10.6. The van der Waals surface area contributed by atoms with Gasteiger partial charge in [0.25, 0.3) is 0 Å². The second-order valence-corrected chi connectivity index (χ2v) is 2.53. The molecule has 2 nitrogen and oxygen atoms in total. The summed E-state index contributed by atoms with van der Waals surface area (Å²) in [6.07, 6.45) is 2.47. The van der Waals surface area contributed by atoms with Crippen LogP contribution in [0.4, 0.5) is 8.78 Å². The van der Waals surface area contributed by atoms with Gasteiger partial charge in [-0.1, -0.05) is 6.07 Å². The third-order valence-electron chi connectivity index (χ3n) is 1.56. The molecule has 0 atom stereocenters. The van der Waals surface area contributed by atoms with E-state index in [4.69, 9.17) is 0 Å². The van der Waals surface area contributed by atoms with Crippen LogP contribution in [-0.4, -0.2) is 13.1 Å². The number of carbonyl (C=O) groups excluding carboxylic acids is 1. The molecule has 0 aromatic heterocycles. The molecule has 0 fully saturated rings. The van der Waals surface area contributed by atoms with Crippen molar-refractivity contribution in [1.82, 2.24) is 0 Å². The normalized spacial score (nSPS) is 10.5. The van der Waals surface area contributed by atoms with Gasteiger partial charge in [-0.25, -0.2) is 13.6 Å². The average molecular weight is 198 g/mol. The van der Waals surface area contributed by atoms with E-state index in [2.05, 4.69) is 4.74 Å². The molecule has 0 N–H and O–H groups in total. The molecule has 14 heavy (non-hydrogen) atoms. The van der Waals surface area contributed by atoms with Crippen LogP contribution in [-0.2, 0) is 9.53 Å². The molecule has 0 bridgehead atoms. The van der Waals surface area contributed by atoms with Crippen molar-refractivity contribution < 1.29 is 18.3 Å². The lowest BCUT2D eigenvalue weighted by Gasteiger charge is -1.95. The minimum atomic E-state index is -0.947. The molecule has 0 saturated heterocycles. The summed E-state index contributed by atoms with van der Waals surface area (Å²) in [5, 5.41) is 0. The van der Waals surface area contributed by atoms with Crippen molar-refractivity contribution in [2.24, 2.45) is 0 Å². The molecule has 0 aliphatic heterocycles. The van der Waals surface area contributed by atoms with Crippen molar-refractivity contribution in [3.8, 4) is 0 Å². The van der Waals surface area contributed by atoms with Crippen LogP contribution in [0.1, 0.15) is 5.56 Å². The maximum absolute atomic E-state index is 12.7. The summed E-state index contributed by atoms with van der Waals surface area (Å²) in [6, 6.07) is 3.35. The van der Waals surface area contributed by atoms with Crippen LogP contribution in [0.5, 0.6) is 0 Å². The summed E-state index contributed by atoms with van der Waals surface area (Å²) in [6.45, 7) is 0. The third kappa shape index (κ3) is 2.65. The van der Waals surface area contributed by atoms with Crippen molar-refractivity contribution in [3.63, 3.8) is 0 Å². The summed E-state index contributed by atoms with van der Waals surface area (Å²) >= 11 is 0. The third-order valence-corrected chi connectivity index (χ3v) is 1.56. The van der Waals surface area contributed by atoms with Gasteiger partial charge >= 0.3 is 5.97 Å². The number of halogens is 2. The van der Waals surface area contributed by atoms with Crippen molar-refractivity contribution in [2.75, 3.05) is 7.11 Å². The van der Waals surface area contributed by atoms with E-state index in [-0.39, 0.29) is 0 Å². The number of esters is 1.